The van der Waals surface area contributed by atoms with Crippen molar-refractivity contribution in [2.45, 2.75) is 12.5 Å². The van der Waals surface area contributed by atoms with Gasteiger partial charge in [0.2, 0.25) is 0 Å². The van der Waals surface area contributed by atoms with Gasteiger partial charge in [0.25, 0.3) is 0 Å². The molecule has 1 aromatic heterocycles. The molecule has 0 unspecified atom stereocenters. The first-order valence-corrected chi connectivity index (χ1v) is 8.19. The molecule has 22 heavy (non-hydrogen) atoms. The van der Waals surface area contributed by atoms with Gasteiger partial charge < -0.3 is 10.1 Å². The van der Waals surface area contributed by atoms with Crippen molar-refractivity contribution in [1.29, 1.82) is 0 Å². The summed E-state index contributed by atoms with van der Waals surface area (Å²) in [6.07, 6.45) is 4.30. The number of benzene rings is 1. The molecule has 2 atom stereocenters. The summed E-state index contributed by atoms with van der Waals surface area (Å²) < 4.78 is 6.19. The van der Waals surface area contributed by atoms with E-state index in [1.807, 2.05) is 6.07 Å². The topological polar surface area (TPSA) is 34.1 Å². The Morgan fingerprint density at radius 1 is 1.05 bits per heavy atom. The molecule has 1 fully saturated rings. The number of hydrogen-bond acceptors (Lipinski definition) is 3. The predicted octanol–water partition coefficient (Wildman–Crippen LogP) is 4.77. The standard InChI is InChI=1S/C16H15Cl3N2O/c17-12-4-13(18)6-15(5-12)22-16(10-1-2-20-7-10)11-3-14(19)9-21-8-11/h3-6,8-10,16,20H,1-2,7H2/t10-,16-/m0/s1. The summed E-state index contributed by atoms with van der Waals surface area (Å²) in [4.78, 5) is 4.17. The highest BCUT2D eigenvalue weighted by Crippen LogP contribution is 2.34. The van der Waals surface area contributed by atoms with Crippen LogP contribution in [0.15, 0.2) is 36.7 Å². The Labute approximate surface area is 144 Å². The highest BCUT2D eigenvalue weighted by atomic mass is 35.5. The molecular formula is C16H15Cl3N2O. The number of aromatic nitrogens is 1. The zero-order chi connectivity index (χ0) is 15.5. The monoisotopic (exact) mass is 356 g/mol. The molecular weight excluding hydrogens is 343 g/mol. The van der Waals surface area contributed by atoms with E-state index in [0.717, 1.165) is 25.1 Å². The molecule has 1 saturated heterocycles. The van der Waals surface area contributed by atoms with Crippen LogP contribution in [0.1, 0.15) is 18.1 Å². The normalized spacial score (nSPS) is 19.1. The minimum absolute atomic E-state index is 0.143. The number of nitrogens with zero attached hydrogens (tertiary/aromatic N) is 1. The minimum atomic E-state index is -0.143. The van der Waals surface area contributed by atoms with Gasteiger partial charge in [0, 0.05) is 40.5 Å². The van der Waals surface area contributed by atoms with Gasteiger partial charge in [-0.1, -0.05) is 34.8 Å². The van der Waals surface area contributed by atoms with Crippen molar-refractivity contribution in [2.75, 3.05) is 13.1 Å². The molecule has 1 N–H and O–H groups in total. The maximum absolute atomic E-state index is 6.19. The lowest BCUT2D eigenvalue weighted by Gasteiger charge is -2.25. The Balaban J connectivity index is 1.91. The van der Waals surface area contributed by atoms with Gasteiger partial charge in [0.05, 0.1) is 5.02 Å². The molecule has 3 nitrogen and oxygen atoms in total. The van der Waals surface area contributed by atoms with E-state index in [4.69, 9.17) is 39.5 Å². The van der Waals surface area contributed by atoms with E-state index >= 15 is 0 Å². The van der Waals surface area contributed by atoms with E-state index in [0.29, 0.717) is 26.7 Å². The van der Waals surface area contributed by atoms with E-state index in [9.17, 15) is 0 Å². The number of halogens is 3. The van der Waals surface area contributed by atoms with Crippen molar-refractivity contribution >= 4 is 34.8 Å². The second kappa shape index (κ2) is 7.05. The molecule has 0 spiro atoms. The molecule has 3 rings (SSSR count). The molecule has 0 saturated carbocycles. The average molecular weight is 358 g/mol. The zero-order valence-electron chi connectivity index (χ0n) is 11.7. The van der Waals surface area contributed by atoms with Crippen LogP contribution in [0.3, 0.4) is 0 Å². The van der Waals surface area contributed by atoms with Gasteiger partial charge in [-0.3, -0.25) is 4.98 Å². The van der Waals surface area contributed by atoms with E-state index in [-0.39, 0.29) is 6.10 Å². The van der Waals surface area contributed by atoms with Crippen LogP contribution in [-0.2, 0) is 0 Å². The Hall–Kier alpha value is -1.00. The average Bonchev–Trinajstić information content (AvgIpc) is 2.97. The highest BCUT2D eigenvalue weighted by Gasteiger charge is 2.28. The Morgan fingerprint density at radius 3 is 2.45 bits per heavy atom. The van der Waals surface area contributed by atoms with Gasteiger partial charge >= 0.3 is 0 Å². The smallest absolute Gasteiger partial charge is 0.129 e. The van der Waals surface area contributed by atoms with Crippen molar-refractivity contribution in [3.05, 3.63) is 57.3 Å². The van der Waals surface area contributed by atoms with E-state index in [1.54, 1.807) is 30.6 Å². The van der Waals surface area contributed by atoms with Crippen LogP contribution in [-0.4, -0.2) is 18.1 Å². The van der Waals surface area contributed by atoms with Crippen LogP contribution in [0, 0.1) is 5.92 Å². The first-order chi connectivity index (χ1) is 10.6. The van der Waals surface area contributed by atoms with Gasteiger partial charge in [-0.05, 0) is 37.2 Å². The molecule has 0 bridgehead atoms. The summed E-state index contributed by atoms with van der Waals surface area (Å²) in [6, 6.07) is 7.11. The minimum Gasteiger partial charge on any atom is -0.485 e. The third kappa shape index (κ3) is 3.85. The van der Waals surface area contributed by atoms with E-state index < -0.39 is 0 Å². The van der Waals surface area contributed by atoms with Crippen molar-refractivity contribution in [2.24, 2.45) is 5.92 Å². The number of rotatable bonds is 4. The zero-order valence-corrected chi connectivity index (χ0v) is 14.0. The fraction of sp³-hybridized carbons (Fsp3) is 0.312. The Kier molecular flexibility index (Phi) is 5.09. The maximum atomic E-state index is 6.19. The molecule has 1 aromatic carbocycles. The lowest BCUT2D eigenvalue weighted by Crippen LogP contribution is -2.21. The molecule has 1 aliphatic rings. The maximum Gasteiger partial charge on any atom is 0.129 e. The molecule has 116 valence electrons. The second-order valence-electron chi connectivity index (χ2n) is 5.33. The fourth-order valence-electron chi connectivity index (χ4n) is 2.70. The number of pyridine rings is 1. The Morgan fingerprint density at radius 2 is 1.82 bits per heavy atom. The summed E-state index contributed by atoms with van der Waals surface area (Å²) in [5, 5.41) is 5.06. The molecule has 0 radical (unpaired) electrons. The van der Waals surface area contributed by atoms with Gasteiger partial charge in [0.15, 0.2) is 0 Å². The number of hydrogen-bond donors (Lipinski definition) is 1. The van der Waals surface area contributed by atoms with Crippen molar-refractivity contribution in [1.82, 2.24) is 10.3 Å². The third-order valence-electron chi connectivity index (χ3n) is 3.68. The largest absolute Gasteiger partial charge is 0.485 e. The fourth-order valence-corrected chi connectivity index (χ4v) is 3.39. The van der Waals surface area contributed by atoms with E-state index in [1.165, 1.54) is 0 Å². The SMILES string of the molecule is Clc1cc(Cl)cc(O[C@H](c2cncc(Cl)c2)[C@H]2CCNC2)c1. The molecule has 2 aromatic rings. The van der Waals surface area contributed by atoms with Crippen LogP contribution >= 0.6 is 34.8 Å². The van der Waals surface area contributed by atoms with Crippen LogP contribution in [0.2, 0.25) is 15.1 Å². The molecule has 6 heteroatoms. The number of ether oxygens (including phenoxy) is 1. The van der Waals surface area contributed by atoms with Crippen LogP contribution < -0.4 is 10.1 Å². The van der Waals surface area contributed by atoms with Crippen LogP contribution in [0.25, 0.3) is 0 Å². The summed E-state index contributed by atoms with van der Waals surface area (Å²) in [7, 11) is 0. The van der Waals surface area contributed by atoms with Crippen molar-refractivity contribution in [3.8, 4) is 5.75 Å². The van der Waals surface area contributed by atoms with Gasteiger partial charge in [0.1, 0.15) is 11.9 Å². The summed E-state index contributed by atoms with van der Waals surface area (Å²) in [5.74, 6) is 0.993. The first-order valence-electron chi connectivity index (χ1n) is 7.06. The van der Waals surface area contributed by atoms with Gasteiger partial charge in [-0.15, -0.1) is 0 Å². The van der Waals surface area contributed by atoms with Gasteiger partial charge in [-0.25, -0.2) is 0 Å². The second-order valence-corrected chi connectivity index (χ2v) is 6.64. The molecule has 0 aliphatic carbocycles. The van der Waals surface area contributed by atoms with Crippen molar-refractivity contribution in [3.63, 3.8) is 0 Å². The van der Waals surface area contributed by atoms with Crippen LogP contribution in [0.4, 0.5) is 0 Å². The number of nitrogens with one attached hydrogen (secondary N) is 1. The highest BCUT2D eigenvalue weighted by molar-refractivity contribution is 6.34. The molecule has 0 amide bonds. The molecule has 1 aliphatic heterocycles. The van der Waals surface area contributed by atoms with Crippen molar-refractivity contribution < 1.29 is 4.74 Å². The lowest BCUT2D eigenvalue weighted by atomic mass is 9.96. The molecule has 2 heterocycles. The predicted molar refractivity (Wildman–Crippen MR) is 90.1 cm³/mol. The first kappa shape index (κ1) is 15.9. The quantitative estimate of drug-likeness (QED) is 0.855. The summed E-state index contributed by atoms with van der Waals surface area (Å²) in [6.45, 7) is 1.88. The van der Waals surface area contributed by atoms with E-state index in [2.05, 4.69) is 10.3 Å². The van der Waals surface area contributed by atoms with Crippen LogP contribution in [0.5, 0.6) is 5.75 Å². The lowest BCUT2D eigenvalue weighted by molar-refractivity contribution is 0.144. The van der Waals surface area contributed by atoms with Gasteiger partial charge in [-0.2, -0.15) is 0 Å². The third-order valence-corrected chi connectivity index (χ3v) is 4.32. The summed E-state index contributed by atoms with van der Waals surface area (Å²) >= 11 is 18.2. The Bertz CT molecular complexity index is 639. The summed E-state index contributed by atoms with van der Waals surface area (Å²) in [5.41, 5.74) is 0.956.